The third-order valence-electron chi connectivity index (χ3n) is 2.98. The fourth-order valence-electron chi connectivity index (χ4n) is 1.92. The quantitative estimate of drug-likeness (QED) is 0.876. The molecule has 0 fully saturated rings. The van der Waals surface area contributed by atoms with Gasteiger partial charge in [-0.05, 0) is 19.4 Å². The predicted octanol–water partition coefficient (Wildman–Crippen LogP) is 2.49. The van der Waals surface area contributed by atoms with Crippen molar-refractivity contribution in [1.82, 2.24) is 9.55 Å². The lowest BCUT2D eigenvalue weighted by molar-refractivity contribution is 0.169. The summed E-state index contributed by atoms with van der Waals surface area (Å²) >= 11 is 0. The molecule has 3 nitrogen and oxygen atoms in total. The zero-order valence-corrected chi connectivity index (χ0v) is 10.3. The van der Waals surface area contributed by atoms with Gasteiger partial charge in [0.2, 0.25) is 0 Å². The lowest BCUT2D eigenvalue weighted by Gasteiger charge is -2.12. The Morgan fingerprint density at radius 2 is 2.00 bits per heavy atom. The molecule has 0 aliphatic heterocycles. The molecule has 17 heavy (non-hydrogen) atoms. The van der Waals surface area contributed by atoms with E-state index in [-0.39, 0.29) is 0 Å². The third-order valence-corrected chi connectivity index (χ3v) is 2.98. The van der Waals surface area contributed by atoms with Gasteiger partial charge in [-0.2, -0.15) is 0 Å². The molecule has 90 valence electrons. The Morgan fingerprint density at radius 3 is 2.65 bits per heavy atom. The van der Waals surface area contributed by atoms with E-state index in [0.717, 1.165) is 17.8 Å². The first-order valence-corrected chi connectivity index (χ1v) is 5.94. The molecule has 1 unspecified atom stereocenters. The molecule has 0 bridgehead atoms. The van der Waals surface area contributed by atoms with Gasteiger partial charge in [-0.3, -0.25) is 0 Å². The summed E-state index contributed by atoms with van der Waals surface area (Å²) in [5.74, 6) is 0. The molecular formula is C14H18N2O. The second-order valence-electron chi connectivity index (χ2n) is 4.31. The van der Waals surface area contributed by atoms with Crippen LogP contribution in [0.5, 0.6) is 0 Å². The third kappa shape index (κ3) is 2.74. The van der Waals surface area contributed by atoms with Crippen LogP contribution in [0.15, 0.2) is 36.8 Å². The molecule has 1 atom stereocenters. The number of imidazole rings is 1. The van der Waals surface area contributed by atoms with Crippen LogP contribution in [-0.2, 0) is 13.0 Å². The maximum atomic E-state index is 10.2. The summed E-state index contributed by atoms with van der Waals surface area (Å²) in [6, 6.07) is 8.26. The minimum absolute atomic E-state index is 0.486. The molecule has 3 heteroatoms. The van der Waals surface area contributed by atoms with Crippen molar-refractivity contribution in [2.45, 2.75) is 32.9 Å². The van der Waals surface area contributed by atoms with Gasteiger partial charge in [0, 0.05) is 13.0 Å². The molecular weight excluding hydrogens is 212 g/mol. The standard InChI is InChI=1S/C14H18N2O/c1-3-16-10-15-9-13(16)14(17)8-12-6-4-11(2)5-7-12/h4-7,9-10,14,17H,3,8H2,1-2H3. The summed E-state index contributed by atoms with van der Waals surface area (Å²) in [6.45, 7) is 4.94. The highest BCUT2D eigenvalue weighted by molar-refractivity contribution is 5.23. The molecule has 2 rings (SSSR count). The number of aromatic nitrogens is 2. The Labute approximate surface area is 102 Å². The Bertz CT molecular complexity index is 473. The second-order valence-corrected chi connectivity index (χ2v) is 4.31. The molecule has 0 aliphatic rings. The summed E-state index contributed by atoms with van der Waals surface area (Å²) in [6.07, 6.45) is 3.64. The predicted molar refractivity (Wildman–Crippen MR) is 67.7 cm³/mol. The van der Waals surface area contributed by atoms with Crippen LogP contribution in [0.1, 0.15) is 29.8 Å². The fraction of sp³-hybridized carbons (Fsp3) is 0.357. The van der Waals surface area contributed by atoms with E-state index in [1.807, 2.05) is 11.5 Å². The van der Waals surface area contributed by atoms with E-state index in [9.17, 15) is 5.11 Å². The van der Waals surface area contributed by atoms with Gasteiger partial charge in [-0.25, -0.2) is 4.98 Å². The molecule has 0 spiro atoms. The summed E-state index contributed by atoms with van der Waals surface area (Å²) in [5.41, 5.74) is 3.27. The van der Waals surface area contributed by atoms with Crippen LogP contribution in [0, 0.1) is 6.92 Å². The first kappa shape index (κ1) is 11.9. The van der Waals surface area contributed by atoms with Crippen molar-refractivity contribution >= 4 is 0 Å². The van der Waals surface area contributed by atoms with E-state index in [1.165, 1.54) is 5.56 Å². The minimum atomic E-state index is -0.486. The Hall–Kier alpha value is -1.61. The van der Waals surface area contributed by atoms with Crippen LogP contribution in [-0.4, -0.2) is 14.7 Å². The summed E-state index contributed by atoms with van der Waals surface area (Å²) < 4.78 is 1.97. The number of hydrogen-bond acceptors (Lipinski definition) is 2. The zero-order chi connectivity index (χ0) is 12.3. The fourth-order valence-corrected chi connectivity index (χ4v) is 1.92. The molecule has 2 aromatic rings. The van der Waals surface area contributed by atoms with Gasteiger partial charge in [0.05, 0.1) is 24.3 Å². The molecule has 0 saturated carbocycles. The number of hydrogen-bond donors (Lipinski definition) is 1. The molecule has 1 N–H and O–H groups in total. The van der Waals surface area contributed by atoms with E-state index < -0.39 is 6.10 Å². The van der Waals surface area contributed by atoms with Gasteiger partial charge in [0.25, 0.3) is 0 Å². The average Bonchev–Trinajstić information content (AvgIpc) is 2.80. The van der Waals surface area contributed by atoms with E-state index in [1.54, 1.807) is 12.5 Å². The van der Waals surface area contributed by atoms with Crippen molar-refractivity contribution in [3.8, 4) is 0 Å². The van der Waals surface area contributed by atoms with Gasteiger partial charge in [0.1, 0.15) is 0 Å². The van der Waals surface area contributed by atoms with Crippen LogP contribution >= 0.6 is 0 Å². The van der Waals surface area contributed by atoms with Gasteiger partial charge >= 0.3 is 0 Å². The van der Waals surface area contributed by atoms with Crippen LogP contribution in [0.2, 0.25) is 0 Å². The Balaban J connectivity index is 2.11. The van der Waals surface area contributed by atoms with Crippen LogP contribution in [0.3, 0.4) is 0 Å². The van der Waals surface area contributed by atoms with E-state index >= 15 is 0 Å². The Morgan fingerprint density at radius 1 is 1.29 bits per heavy atom. The molecule has 0 amide bonds. The van der Waals surface area contributed by atoms with Crippen molar-refractivity contribution in [3.63, 3.8) is 0 Å². The smallest absolute Gasteiger partial charge is 0.0995 e. The van der Waals surface area contributed by atoms with Crippen LogP contribution in [0.4, 0.5) is 0 Å². The number of aliphatic hydroxyl groups is 1. The van der Waals surface area contributed by atoms with Crippen LogP contribution < -0.4 is 0 Å². The van der Waals surface area contributed by atoms with Crippen molar-refractivity contribution in [2.75, 3.05) is 0 Å². The minimum Gasteiger partial charge on any atom is -0.386 e. The van der Waals surface area contributed by atoms with E-state index in [0.29, 0.717) is 6.42 Å². The monoisotopic (exact) mass is 230 g/mol. The van der Waals surface area contributed by atoms with Crippen molar-refractivity contribution < 1.29 is 5.11 Å². The maximum Gasteiger partial charge on any atom is 0.0995 e. The SMILES string of the molecule is CCn1cncc1C(O)Cc1ccc(C)cc1. The van der Waals surface area contributed by atoms with Gasteiger partial charge < -0.3 is 9.67 Å². The van der Waals surface area contributed by atoms with Gasteiger partial charge in [0.15, 0.2) is 0 Å². The summed E-state index contributed by atoms with van der Waals surface area (Å²) in [7, 11) is 0. The van der Waals surface area contributed by atoms with E-state index in [4.69, 9.17) is 0 Å². The van der Waals surface area contributed by atoms with Crippen molar-refractivity contribution in [3.05, 3.63) is 53.6 Å². The summed E-state index contributed by atoms with van der Waals surface area (Å²) in [4.78, 5) is 4.07. The molecule has 1 aromatic heterocycles. The number of rotatable bonds is 4. The average molecular weight is 230 g/mol. The summed E-state index contributed by atoms with van der Waals surface area (Å²) in [5, 5.41) is 10.2. The van der Waals surface area contributed by atoms with E-state index in [2.05, 4.69) is 36.2 Å². The van der Waals surface area contributed by atoms with Crippen molar-refractivity contribution in [1.29, 1.82) is 0 Å². The first-order chi connectivity index (χ1) is 8.20. The highest BCUT2D eigenvalue weighted by atomic mass is 16.3. The number of aliphatic hydroxyl groups excluding tert-OH is 1. The topological polar surface area (TPSA) is 38.0 Å². The lowest BCUT2D eigenvalue weighted by Crippen LogP contribution is -2.08. The normalized spacial score (nSPS) is 12.6. The van der Waals surface area contributed by atoms with Crippen LogP contribution in [0.25, 0.3) is 0 Å². The highest BCUT2D eigenvalue weighted by Crippen LogP contribution is 2.18. The largest absolute Gasteiger partial charge is 0.386 e. The second kappa shape index (κ2) is 5.15. The molecule has 1 heterocycles. The van der Waals surface area contributed by atoms with Crippen molar-refractivity contribution in [2.24, 2.45) is 0 Å². The molecule has 1 aromatic carbocycles. The number of nitrogens with zero attached hydrogens (tertiary/aromatic N) is 2. The lowest BCUT2D eigenvalue weighted by atomic mass is 10.0. The first-order valence-electron chi connectivity index (χ1n) is 5.94. The maximum absolute atomic E-state index is 10.2. The Kier molecular flexibility index (Phi) is 3.59. The number of benzene rings is 1. The number of aryl methyl sites for hydroxylation is 2. The van der Waals surface area contributed by atoms with Gasteiger partial charge in [-0.15, -0.1) is 0 Å². The highest BCUT2D eigenvalue weighted by Gasteiger charge is 2.12. The molecule has 0 saturated heterocycles. The molecule has 0 radical (unpaired) electrons. The van der Waals surface area contributed by atoms with Gasteiger partial charge in [-0.1, -0.05) is 29.8 Å². The zero-order valence-electron chi connectivity index (χ0n) is 10.3. The molecule has 0 aliphatic carbocycles.